The van der Waals surface area contributed by atoms with E-state index in [0.29, 0.717) is 6.61 Å². The van der Waals surface area contributed by atoms with Crippen molar-refractivity contribution >= 4 is 8.60 Å². The smallest absolute Gasteiger partial charge is 0.393 e. The molecule has 3 nitrogen and oxygen atoms in total. The predicted molar refractivity (Wildman–Crippen MR) is 32.0 cm³/mol. The molecule has 1 unspecified atom stereocenters. The van der Waals surface area contributed by atoms with E-state index in [-0.39, 0.29) is 0 Å². The largest absolute Gasteiger partial charge is 0.435 e. The lowest BCUT2D eigenvalue weighted by Gasteiger charge is -2.03. The minimum Gasteiger partial charge on any atom is -0.435 e. The second-order valence-electron chi connectivity index (χ2n) is 0.928. The summed E-state index contributed by atoms with van der Waals surface area (Å²) in [6.45, 7) is 5.47. The third-order valence-corrected chi connectivity index (χ3v) is 1.21. The summed E-state index contributed by atoms with van der Waals surface area (Å²) in [5, 5.41) is 0. The summed E-state index contributed by atoms with van der Waals surface area (Å²) in [6, 6.07) is 0. The van der Waals surface area contributed by atoms with Gasteiger partial charge in [0, 0.05) is 0 Å². The average molecular weight is 136 g/mol. The molecule has 0 bridgehead atoms. The summed E-state index contributed by atoms with van der Waals surface area (Å²) >= 11 is 0. The molecule has 0 spiro atoms. The molecule has 0 heterocycles. The first-order valence-corrected chi connectivity index (χ1v) is 3.34. The van der Waals surface area contributed by atoms with Gasteiger partial charge in [0.15, 0.2) is 0 Å². The van der Waals surface area contributed by atoms with Crippen molar-refractivity contribution in [1.82, 2.24) is 0 Å². The number of hydrogen-bond acceptors (Lipinski definition) is 3. The summed E-state index contributed by atoms with van der Waals surface area (Å²) in [4.78, 5) is 8.60. The van der Waals surface area contributed by atoms with E-state index >= 15 is 0 Å². The molecule has 0 amide bonds. The molecular weight excluding hydrogens is 127 g/mol. The highest BCUT2D eigenvalue weighted by molar-refractivity contribution is 7.40. The summed E-state index contributed by atoms with van der Waals surface area (Å²) in [5.74, 6) is 0. The SMILES string of the molecule is C=COP(O)OCC. The third-order valence-electron chi connectivity index (χ3n) is 0.404. The van der Waals surface area contributed by atoms with Crippen molar-refractivity contribution in [3.8, 4) is 0 Å². The molecule has 0 saturated carbocycles. The van der Waals surface area contributed by atoms with Crippen LogP contribution in [0.1, 0.15) is 6.92 Å². The van der Waals surface area contributed by atoms with Crippen molar-refractivity contribution in [3.05, 3.63) is 12.8 Å². The van der Waals surface area contributed by atoms with Crippen LogP contribution in [-0.4, -0.2) is 11.5 Å². The molecule has 0 saturated heterocycles. The lowest BCUT2D eigenvalue weighted by atomic mass is 10.9. The van der Waals surface area contributed by atoms with Crippen LogP contribution in [0, 0.1) is 0 Å². The van der Waals surface area contributed by atoms with E-state index in [9.17, 15) is 0 Å². The molecule has 0 aliphatic carbocycles. The van der Waals surface area contributed by atoms with Gasteiger partial charge in [-0.05, 0) is 6.92 Å². The van der Waals surface area contributed by atoms with Crippen LogP contribution in [0.25, 0.3) is 0 Å². The maximum atomic E-state index is 8.60. The maximum Gasteiger partial charge on any atom is 0.393 e. The topological polar surface area (TPSA) is 38.7 Å². The van der Waals surface area contributed by atoms with Gasteiger partial charge in [-0.25, -0.2) is 0 Å². The first kappa shape index (κ1) is 7.89. The second-order valence-corrected chi connectivity index (χ2v) is 1.87. The summed E-state index contributed by atoms with van der Waals surface area (Å²) in [7, 11) is -1.70. The monoisotopic (exact) mass is 136 g/mol. The van der Waals surface area contributed by atoms with E-state index in [4.69, 9.17) is 4.89 Å². The Morgan fingerprint density at radius 1 is 1.88 bits per heavy atom. The van der Waals surface area contributed by atoms with Crippen LogP contribution in [0.3, 0.4) is 0 Å². The van der Waals surface area contributed by atoms with E-state index in [2.05, 4.69) is 15.6 Å². The molecule has 48 valence electrons. The van der Waals surface area contributed by atoms with Crippen LogP contribution in [0.2, 0.25) is 0 Å². The Balaban J connectivity index is 3.03. The van der Waals surface area contributed by atoms with Gasteiger partial charge in [0.2, 0.25) is 0 Å². The van der Waals surface area contributed by atoms with E-state index in [1.165, 1.54) is 0 Å². The molecule has 0 radical (unpaired) electrons. The van der Waals surface area contributed by atoms with Crippen LogP contribution in [0.4, 0.5) is 0 Å². The normalized spacial score (nSPS) is 12.8. The Kier molecular flexibility index (Phi) is 4.97. The summed E-state index contributed by atoms with van der Waals surface area (Å²) in [5.41, 5.74) is 0. The Morgan fingerprint density at radius 2 is 2.50 bits per heavy atom. The van der Waals surface area contributed by atoms with Gasteiger partial charge in [-0.3, -0.25) is 0 Å². The van der Waals surface area contributed by atoms with Crippen molar-refractivity contribution in [2.24, 2.45) is 0 Å². The molecule has 4 heteroatoms. The molecule has 1 N–H and O–H groups in total. The molecule has 0 aromatic rings. The lowest BCUT2D eigenvalue weighted by Crippen LogP contribution is -1.82. The van der Waals surface area contributed by atoms with Gasteiger partial charge in [0.25, 0.3) is 0 Å². The minimum atomic E-state index is -1.70. The Hall–Kier alpha value is -0.110. The van der Waals surface area contributed by atoms with Crippen LogP contribution < -0.4 is 0 Å². The molecule has 0 fully saturated rings. The van der Waals surface area contributed by atoms with Crippen LogP contribution >= 0.6 is 8.60 Å². The fourth-order valence-electron chi connectivity index (χ4n) is 0.205. The minimum absolute atomic E-state index is 0.454. The van der Waals surface area contributed by atoms with E-state index in [0.717, 1.165) is 6.26 Å². The lowest BCUT2D eigenvalue weighted by molar-refractivity contribution is 0.257. The van der Waals surface area contributed by atoms with E-state index in [1.807, 2.05) is 0 Å². The Labute approximate surface area is 49.9 Å². The van der Waals surface area contributed by atoms with Gasteiger partial charge < -0.3 is 13.9 Å². The zero-order valence-corrected chi connectivity index (χ0v) is 5.60. The molecule has 0 aromatic heterocycles. The highest BCUT2D eigenvalue weighted by Gasteiger charge is 2.00. The van der Waals surface area contributed by atoms with Crippen molar-refractivity contribution < 1.29 is 13.9 Å². The van der Waals surface area contributed by atoms with Crippen molar-refractivity contribution in [2.45, 2.75) is 6.92 Å². The van der Waals surface area contributed by atoms with Crippen molar-refractivity contribution in [1.29, 1.82) is 0 Å². The quantitative estimate of drug-likeness (QED) is 0.469. The molecular formula is C4H9O3P. The molecule has 1 atom stereocenters. The molecule has 0 aromatic carbocycles. The summed E-state index contributed by atoms with van der Waals surface area (Å²) < 4.78 is 9.05. The van der Waals surface area contributed by atoms with Crippen LogP contribution in [-0.2, 0) is 9.05 Å². The maximum absolute atomic E-state index is 8.60. The fourth-order valence-corrected chi connectivity index (χ4v) is 0.614. The Morgan fingerprint density at radius 3 is 2.88 bits per heavy atom. The van der Waals surface area contributed by atoms with Gasteiger partial charge in [0.1, 0.15) is 0 Å². The standard InChI is InChI=1S/C4H9O3P/c1-3-6-8(5)7-4-2/h3,5H,1,4H2,2H3. The molecule has 8 heavy (non-hydrogen) atoms. The van der Waals surface area contributed by atoms with Gasteiger partial charge >= 0.3 is 8.60 Å². The first-order valence-electron chi connectivity index (χ1n) is 2.20. The van der Waals surface area contributed by atoms with E-state index in [1.54, 1.807) is 6.92 Å². The predicted octanol–water partition coefficient (Wildman–Crippen LogP) is 1.40. The Bertz CT molecular complexity index is 66.3. The third kappa shape index (κ3) is 4.06. The number of rotatable bonds is 4. The second kappa shape index (κ2) is 5.04. The highest BCUT2D eigenvalue weighted by atomic mass is 31.2. The first-order chi connectivity index (χ1) is 3.81. The highest BCUT2D eigenvalue weighted by Crippen LogP contribution is 2.31. The fraction of sp³-hybridized carbons (Fsp3) is 0.500. The zero-order chi connectivity index (χ0) is 6.41. The van der Waals surface area contributed by atoms with Gasteiger partial charge in [-0.1, -0.05) is 6.58 Å². The van der Waals surface area contributed by atoms with E-state index < -0.39 is 8.60 Å². The summed E-state index contributed by atoms with van der Waals surface area (Å²) in [6.07, 6.45) is 1.15. The van der Waals surface area contributed by atoms with Crippen LogP contribution in [0.15, 0.2) is 12.8 Å². The van der Waals surface area contributed by atoms with Gasteiger partial charge in [-0.15, -0.1) is 0 Å². The van der Waals surface area contributed by atoms with Crippen LogP contribution in [0.5, 0.6) is 0 Å². The average Bonchev–Trinajstić information content (AvgIpc) is 1.68. The number of hydrogen-bond donors (Lipinski definition) is 1. The van der Waals surface area contributed by atoms with Gasteiger partial charge in [0.05, 0.1) is 12.9 Å². The van der Waals surface area contributed by atoms with Crippen molar-refractivity contribution in [3.63, 3.8) is 0 Å². The molecule has 0 aliphatic heterocycles. The van der Waals surface area contributed by atoms with Crippen molar-refractivity contribution in [2.75, 3.05) is 6.61 Å². The molecule has 0 rings (SSSR count). The molecule has 0 aliphatic rings. The zero-order valence-electron chi connectivity index (χ0n) is 4.70. The van der Waals surface area contributed by atoms with Gasteiger partial charge in [-0.2, -0.15) is 0 Å².